The van der Waals surface area contributed by atoms with Gasteiger partial charge < -0.3 is 5.11 Å². The molecule has 0 saturated carbocycles. The zero-order valence-corrected chi connectivity index (χ0v) is 10.4. The summed E-state index contributed by atoms with van der Waals surface area (Å²) in [5, 5.41) is 21.5. The van der Waals surface area contributed by atoms with Gasteiger partial charge in [0.25, 0.3) is 0 Å². The number of nitrogens with one attached hydrogen (secondary N) is 1. The number of carboxylic acid groups (broad SMARTS) is 1. The Kier molecular flexibility index (Phi) is 4.10. The Morgan fingerprint density at radius 3 is 2.35 bits per heavy atom. The molecular weight excluding hydrogens is 254 g/mol. The third-order valence-electron chi connectivity index (χ3n) is 2.58. The van der Waals surface area contributed by atoms with Crippen molar-refractivity contribution in [2.24, 2.45) is 5.10 Å². The number of hydrogen-bond acceptors (Lipinski definition) is 4. The van der Waals surface area contributed by atoms with Crippen molar-refractivity contribution in [1.29, 1.82) is 5.26 Å². The predicted molar refractivity (Wildman–Crippen MR) is 75.8 cm³/mol. The molecule has 0 amide bonds. The fourth-order valence-corrected chi connectivity index (χ4v) is 1.51. The Bertz CT molecular complexity index is 668. The van der Waals surface area contributed by atoms with Gasteiger partial charge in [-0.15, -0.1) is 0 Å². The molecule has 0 heterocycles. The van der Waals surface area contributed by atoms with Crippen LogP contribution in [0.15, 0.2) is 53.6 Å². The van der Waals surface area contributed by atoms with Crippen molar-refractivity contribution in [1.82, 2.24) is 0 Å². The van der Waals surface area contributed by atoms with Gasteiger partial charge in [0.2, 0.25) is 0 Å². The first-order valence-electron chi connectivity index (χ1n) is 5.81. The first kappa shape index (κ1) is 13.3. The summed E-state index contributed by atoms with van der Waals surface area (Å²) in [6, 6.07) is 15.3. The topological polar surface area (TPSA) is 85.5 Å². The van der Waals surface area contributed by atoms with Crippen molar-refractivity contribution in [3.8, 4) is 6.07 Å². The van der Waals surface area contributed by atoms with Gasteiger partial charge in [-0.2, -0.15) is 10.4 Å². The summed E-state index contributed by atoms with van der Waals surface area (Å²) in [5.74, 6) is -0.961. The standard InChI is InChI=1S/C15H11N3O2/c16-9-11-1-3-12(4-2-11)10-17-18-14-7-5-13(6-8-14)15(19)20/h1-8,10,18H,(H,19,20)/b17-10-. The summed E-state index contributed by atoms with van der Waals surface area (Å²) < 4.78 is 0. The van der Waals surface area contributed by atoms with Crippen LogP contribution in [0.5, 0.6) is 0 Å². The van der Waals surface area contributed by atoms with E-state index in [1.54, 1.807) is 42.6 Å². The first-order chi connectivity index (χ1) is 9.69. The van der Waals surface area contributed by atoms with Crippen LogP contribution in [0.25, 0.3) is 0 Å². The molecule has 0 fully saturated rings. The molecule has 0 spiro atoms. The number of hydrogen-bond donors (Lipinski definition) is 2. The highest BCUT2D eigenvalue weighted by Gasteiger charge is 2.00. The van der Waals surface area contributed by atoms with Crippen molar-refractivity contribution < 1.29 is 9.90 Å². The van der Waals surface area contributed by atoms with E-state index in [1.165, 1.54) is 12.1 Å². The quantitative estimate of drug-likeness (QED) is 0.657. The van der Waals surface area contributed by atoms with Gasteiger partial charge in [-0.25, -0.2) is 4.79 Å². The summed E-state index contributed by atoms with van der Waals surface area (Å²) in [6.45, 7) is 0. The lowest BCUT2D eigenvalue weighted by Crippen LogP contribution is -1.96. The molecule has 5 nitrogen and oxygen atoms in total. The third kappa shape index (κ3) is 3.43. The SMILES string of the molecule is N#Cc1ccc(/C=N\Nc2ccc(C(=O)O)cc2)cc1. The normalized spacial score (nSPS) is 10.2. The molecule has 0 bridgehead atoms. The van der Waals surface area contributed by atoms with Gasteiger partial charge in [-0.3, -0.25) is 5.43 Å². The van der Waals surface area contributed by atoms with Crippen molar-refractivity contribution in [2.45, 2.75) is 0 Å². The molecule has 0 saturated heterocycles. The monoisotopic (exact) mass is 265 g/mol. The number of rotatable bonds is 4. The third-order valence-corrected chi connectivity index (χ3v) is 2.58. The molecule has 2 N–H and O–H groups in total. The van der Waals surface area contributed by atoms with E-state index in [1.807, 2.05) is 6.07 Å². The number of benzene rings is 2. The van der Waals surface area contributed by atoms with Crippen LogP contribution in [0, 0.1) is 11.3 Å². The number of nitrogens with zero attached hydrogens (tertiary/aromatic N) is 2. The average Bonchev–Trinajstić information content (AvgIpc) is 2.48. The second-order valence-electron chi connectivity index (χ2n) is 3.99. The summed E-state index contributed by atoms with van der Waals surface area (Å²) >= 11 is 0. The van der Waals surface area contributed by atoms with Crippen LogP contribution in [0.2, 0.25) is 0 Å². The second-order valence-corrected chi connectivity index (χ2v) is 3.99. The van der Waals surface area contributed by atoms with Crippen LogP contribution in [0.4, 0.5) is 5.69 Å². The highest BCUT2D eigenvalue weighted by molar-refractivity contribution is 5.88. The smallest absolute Gasteiger partial charge is 0.335 e. The van der Waals surface area contributed by atoms with Crippen LogP contribution in [-0.2, 0) is 0 Å². The Balaban J connectivity index is 1.98. The van der Waals surface area contributed by atoms with Gasteiger partial charge >= 0.3 is 5.97 Å². The highest BCUT2D eigenvalue weighted by Crippen LogP contribution is 2.09. The molecule has 98 valence electrons. The average molecular weight is 265 g/mol. The fourth-order valence-electron chi connectivity index (χ4n) is 1.51. The first-order valence-corrected chi connectivity index (χ1v) is 5.81. The maximum absolute atomic E-state index is 10.7. The molecule has 0 aliphatic rings. The fraction of sp³-hybridized carbons (Fsp3) is 0. The van der Waals surface area contributed by atoms with E-state index >= 15 is 0 Å². The number of nitriles is 1. The van der Waals surface area contributed by atoms with Gasteiger partial charge in [0.1, 0.15) is 0 Å². The highest BCUT2D eigenvalue weighted by atomic mass is 16.4. The Morgan fingerprint density at radius 2 is 1.80 bits per heavy atom. The minimum atomic E-state index is -0.961. The lowest BCUT2D eigenvalue weighted by Gasteiger charge is -2.00. The molecule has 0 aliphatic carbocycles. The minimum Gasteiger partial charge on any atom is -0.478 e. The van der Waals surface area contributed by atoms with E-state index < -0.39 is 5.97 Å². The maximum atomic E-state index is 10.7. The molecule has 2 rings (SSSR count). The molecule has 0 aromatic heterocycles. The van der Waals surface area contributed by atoms with Crippen molar-refractivity contribution in [2.75, 3.05) is 5.43 Å². The van der Waals surface area contributed by atoms with Gasteiger partial charge in [-0.1, -0.05) is 12.1 Å². The summed E-state index contributed by atoms with van der Waals surface area (Å²) in [4.78, 5) is 10.7. The maximum Gasteiger partial charge on any atom is 0.335 e. The summed E-state index contributed by atoms with van der Waals surface area (Å²) in [6.07, 6.45) is 1.62. The predicted octanol–water partition coefficient (Wildman–Crippen LogP) is 2.70. The van der Waals surface area contributed by atoms with Crippen LogP contribution in [-0.4, -0.2) is 17.3 Å². The molecule has 0 radical (unpaired) electrons. The van der Waals surface area contributed by atoms with Crippen LogP contribution in [0.1, 0.15) is 21.5 Å². The van der Waals surface area contributed by atoms with E-state index in [2.05, 4.69) is 10.5 Å². The Hall–Kier alpha value is -3.13. The van der Waals surface area contributed by atoms with E-state index in [0.717, 1.165) is 5.56 Å². The number of carbonyl (C=O) groups is 1. The van der Waals surface area contributed by atoms with Gasteiger partial charge in [0.15, 0.2) is 0 Å². The largest absolute Gasteiger partial charge is 0.478 e. The molecule has 0 unspecified atom stereocenters. The lowest BCUT2D eigenvalue weighted by atomic mass is 10.2. The Morgan fingerprint density at radius 1 is 1.15 bits per heavy atom. The van der Waals surface area contributed by atoms with Crippen LogP contribution < -0.4 is 5.43 Å². The number of hydrazone groups is 1. The Labute approximate surface area is 115 Å². The molecule has 0 atom stereocenters. The van der Waals surface area contributed by atoms with Crippen LogP contribution in [0.3, 0.4) is 0 Å². The lowest BCUT2D eigenvalue weighted by molar-refractivity contribution is 0.0697. The molecule has 2 aromatic rings. The van der Waals surface area contributed by atoms with Crippen molar-refractivity contribution in [3.05, 3.63) is 65.2 Å². The molecule has 0 aliphatic heterocycles. The van der Waals surface area contributed by atoms with Gasteiger partial charge in [-0.05, 0) is 42.0 Å². The number of anilines is 1. The minimum absolute atomic E-state index is 0.228. The van der Waals surface area contributed by atoms with Crippen LogP contribution >= 0.6 is 0 Å². The summed E-state index contributed by atoms with van der Waals surface area (Å²) in [5.41, 5.74) is 5.18. The number of carboxylic acids is 1. The van der Waals surface area contributed by atoms with E-state index in [-0.39, 0.29) is 5.56 Å². The van der Waals surface area contributed by atoms with Gasteiger partial charge in [0.05, 0.1) is 29.1 Å². The van der Waals surface area contributed by atoms with E-state index in [4.69, 9.17) is 10.4 Å². The molecule has 5 heteroatoms. The molecule has 20 heavy (non-hydrogen) atoms. The molecule has 2 aromatic carbocycles. The summed E-state index contributed by atoms with van der Waals surface area (Å²) in [7, 11) is 0. The molecular formula is C15H11N3O2. The van der Waals surface area contributed by atoms with Crippen molar-refractivity contribution in [3.63, 3.8) is 0 Å². The zero-order chi connectivity index (χ0) is 14.4. The zero-order valence-electron chi connectivity index (χ0n) is 10.4. The number of aromatic carboxylic acids is 1. The van der Waals surface area contributed by atoms with Crippen molar-refractivity contribution >= 4 is 17.9 Å². The van der Waals surface area contributed by atoms with E-state index in [0.29, 0.717) is 11.3 Å². The second kappa shape index (κ2) is 6.16. The van der Waals surface area contributed by atoms with Gasteiger partial charge in [0, 0.05) is 0 Å². The van der Waals surface area contributed by atoms with E-state index in [9.17, 15) is 4.79 Å².